The smallest absolute Gasteiger partial charge is 0.278 e. The van der Waals surface area contributed by atoms with Gasteiger partial charge in [-0.1, -0.05) is 47.4 Å². The number of thioether (sulfide) groups is 1. The molecular formula is C22H19N3O4S3. The molecule has 32 heavy (non-hydrogen) atoms. The Morgan fingerprint density at radius 2 is 1.88 bits per heavy atom. The fraction of sp³-hybridized carbons (Fsp3) is 0.227. The molecule has 2 aromatic carbocycles. The first-order valence-corrected chi connectivity index (χ1v) is 12.1. The van der Waals surface area contributed by atoms with Gasteiger partial charge in [-0.3, -0.25) is 13.9 Å². The number of ether oxygens (including phenoxy) is 3. The molecule has 0 atom stereocenters. The SMILES string of the molecule is COc1cccc(-n2c(=S)sc3c(=O)n(-c4ccccc4)c(SCC4OCCO4)nc32)c1. The summed E-state index contributed by atoms with van der Waals surface area (Å²) in [6.07, 6.45) is -0.320. The fourth-order valence-electron chi connectivity index (χ4n) is 3.46. The van der Waals surface area contributed by atoms with Crippen LogP contribution >= 0.6 is 35.3 Å². The van der Waals surface area contributed by atoms with Crippen molar-refractivity contribution in [1.29, 1.82) is 0 Å². The van der Waals surface area contributed by atoms with Crippen LogP contribution in [0.25, 0.3) is 21.7 Å². The Morgan fingerprint density at radius 3 is 2.62 bits per heavy atom. The molecule has 10 heteroatoms. The molecule has 3 heterocycles. The van der Waals surface area contributed by atoms with E-state index >= 15 is 0 Å². The molecule has 0 amide bonds. The summed E-state index contributed by atoms with van der Waals surface area (Å²) in [6, 6.07) is 17.0. The summed E-state index contributed by atoms with van der Waals surface area (Å²) < 4.78 is 21.0. The molecule has 1 aliphatic heterocycles. The molecule has 4 aromatic rings. The molecule has 0 saturated carbocycles. The van der Waals surface area contributed by atoms with Crippen molar-refractivity contribution in [2.24, 2.45) is 0 Å². The summed E-state index contributed by atoms with van der Waals surface area (Å²) in [5.41, 5.74) is 1.91. The molecule has 0 unspecified atom stereocenters. The number of fused-ring (bicyclic) bond motifs is 1. The van der Waals surface area contributed by atoms with Gasteiger partial charge in [-0.2, -0.15) is 0 Å². The highest BCUT2D eigenvalue weighted by atomic mass is 32.2. The molecule has 5 rings (SSSR count). The topological polar surface area (TPSA) is 67.5 Å². The average Bonchev–Trinajstić information content (AvgIpc) is 3.46. The van der Waals surface area contributed by atoms with E-state index < -0.39 is 0 Å². The lowest BCUT2D eigenvalue weighted by Gasteiger charge is -2.14. The van der Waals surface area contributed by atoms with Crippen molar-refractivity contribution < 1.29 is 14.2 Å². The van der Waals surface area contributed by atoms with E-state index in [1.807, 2.05) is 59.2 Å². The minimum atomic E-state index is -0.320. The number of rotatable bonds is 6. The van der Waals surface area contributed by atoms with Gasteiger partial charge in [0.2, 0.25) is 0 Å². The van der Waals surface area contributed by atoms with Gasteiger partial charge in [0.05, 0.1) is 37.5 Å². The van der Waals surface area contributed by atoms with E-state index in [4.69, 9.17) is 31.4 Å². The van der Waals surface area contributed by atoms with Gasteiger partial charge < -0.3 is 14.2 Å². The number of para-hydroxylation sites is 1. The molecule has 7 nitrogen and oxygen atoms in total. The van der Waals surface area contributed by atoms with Crippen molar-refractivity contribution in [3.8, 4) is 17.1 Å². The minimum Gasteiger partial charge on any atom is -0.497 e. The summed E-state index contributed by atoms with van der Waals surface area (Å²) in [5, 5.41) is 0.553. The summed E-state index contributed by atoms with van der Waals surface area (Å²) in [6.45, 7) is 1.14. The van der Waals surface area contributed by atoms with Crippen LogP contribution in [-0.4, -0.2) is 46.5 Å². The third-order valence-electron chi connectivity index (χ3n) is 4.94. The van der Waals surface area contributed by atoms with Gasteiger partial charge in [-0.05, 0) is 36.5 Å². The second kappa shape index (κ2) is 9.16. The average molecular weight is 486 g/mol. The number of nitrogens with zero attached hydrogens (tertiary/aromatic N) is 3. The largest absolute Gasteiger partial charge is 0.497 e. The van der Waals surface area contributed by atoms with E-state index in [2.05, 4.69) is 0 Å². The number of hydrogen-bond acceptors (Lipinski definition) is 8. The van der Waals surface area contributed by atoms with Gasteiger partial charge in [-0.15, -0.1) is 0 Å². The van der Waals surface area contributed by atoms with Gasteiger partial charge in [0, 0.05) is 6.07 Å². The maximum Gasteiger partial charge on any atom is 0.278 e. The predicted octanol–water partition coefficient (Wildman–Crippen LogP) is 4.44. The van der Waals surface area contributed by atoms with Gasteiger partial charge in [-0.25, -0.2) is 4.98 Å². The Morgan fingerprint density at radius 1 is 1.12 bits per heavy atom. The first-order valence-electron chi connectivity index (χ1n) is 9.90. The van der Waals surface area contributed by atoms with Crippen LogP contribution in [0, 0.1) is 3.95 Å². The Hall–Kier alpha value is -2.50. The van der Waals surface area contributed by atoms with Crippen LogP contribution in [0.15, 0.2) is 64.5 Å². The van der Waals surface area contributed by atoms with Crippen LogP contribution in [0.3, 0.4) is 0 Å². The normalized spacial score (nSPS) is 14.3. The third-order valence-corrected chi connectivity index (χ3v) is 7.26. The summed E-state index contributed by atoms with van der Waals surface area (Å²) in [4.78, 5) is 18.5. The minimum absolute atomic E-state index is 0.158. The van der Waals surface area contributed by atoms with E-state index in [1.165, 1.54) is 23.1 Å². The number of thiazole rings is 1. The van der Waals surface area contributed by atoms with Gasteiger partial charge in [0.25, 0.3) is 5.56 Å². The van der Waals surface area contributed by atoms with Crippen molar-refractivity contribution in [2.45, 2.75) is 11.4 Å². The fourth-order valence-corrected chi connectivity index (χ4v) is 5.71. The van der Waals surface area contributed by atoms with Crippen molar-refractivity contribution in [2.75, 3.05) is 26.1 Å². The molecule has 2 aromatic heterocycles. The summed E-state index contributed by atoms with van der Waals surface area (Å²) >= 11 is 8.32. The van der Waals surface area contributed by atoms with Crippen molar-refractivity contribution >= 4 is 45.7 Å². The zero-order valence-electron chi connectivity index (χ0n) is 17.1. The zero-order valence-corrected chi connectivity index (χ0v) is 19.5. The summed E-state index contributed by atoms with van der Waals surface area (Å²) in [7, 11) is 1.61. The number of methoxy groups -OCH3 is 1. The first kappa shape index (κ1) is 21.4. The maximum atomic E-state index is 13.6. The van der Waals surface area contributed by atoms with E-state index in [0.29, 0.717) is 44.2 Å². The third kappa shape index (κ3) is 4.00. The van der Waals surface area contributed by atoms with Crippen LogP contribution in [0.1, 0.15) is 0 Å². The van der Waals surface area contributed by atoms with Crippen molar-refractivity contribution in [3.63, 3.8) is 0 Å². The molecule has 1 aliphatic rings. The highest BCUT2D eigenvalue weighted by Crippen LogP contribution is 2.29. The molecule has 0 spiro atoms. The van der Waals surface area contributed by atoms with E-state index in [0.717, 1.165) is 11.4 Å². The standard InChI is InChI=1S/C22H19N3O4S3/c1-27-16-9-5-8-15(12-16)24-19-18(32-22(24)30)20(26)25(14-6-3-2-4-7-14)21(23-19)31-13-17-28-10-11-29-17/h2-9,12,17H,10-11,13H2,1H3. The zero-order chi connectivity index (χ0) is 22.1. The van der Waals surface area contributed by atoms with Crippen LogP contribution in [0.5, 0.6) is 5.75 Å². The molecule has 0 aliphatic carbocycles. The van der Waals surface area contributed by atoms with E-state index in [-0.39, 0.29) is 11.8 Å². The number of hydrogen-bond donors (Lipinski definition) is 0. The van der Waals surface area contributed by atoms with Crippen LogP contribution < -0.4 is 10.3 Å². The maximum absolute atomic E-state index is 13.6. The first-order chi connectivity index (χ1) is 15.7. The lowest BCUT2D eigenvalue weighted by molar-refractivity contribution is -0.0215. The van der Waals surface area contributed by atoms with E-state index in [9.17, 15) is 4.79 Å². The highest BCUT2D eigenvalue weighted by molar-refractivity contribution is 7.99. The van der Waals surface area contributed by atoms with Gasteiger partial charge >= 0.3 is 0 Å². The monoisotopic (exact) mass is 485 g/mol. The van der Waals surface area contributed by atoms with Gasteiger partial charge in [0.1, 0.15) is 10.4 Å². The lowest BCUT2D eigenvalue weighted by Crippen LogP contribution is -2.22. The Balaban J connectivity index is 1.70. The van der Waals surface area contributed by atoms with Crippen molar-refractivity contribution in [3.05, 3.63) is 68.9 Å². The Kier molecular flexibility index (Phi) is 6.11. The van der Waals surface area contributed by atoms with Crippen LogP contribution in [0.2, 0.25) is 0 Å². The summed E-state index contributed by atoms with van der Waals surface area (Å²) in [5.74, 6) is 1.22. The second-order valence-electron chi connectivity index (χ2n) is 6.91. The molecule has 0 radical (unpaired) electrons. The number of benzene rings is 2. The molecule has 0 bridgehead atoms. The number of aromatic nitrogens is 3. The second-order valence-corrected chi connectivity index (χ2v) is 9.54. The Bertz CT molecular complexity index is 1370. The van der Waals surface area contributed by atoms with E-state index in [1.54, 1.807) is 11.7 Å². The van der Waals surface area contributed by atoms with Crippen molar-refractivity contribution in [1.82, 2.24) is 14.1 Å². The quantitative estimate of drug-likeness (QED) is 0.227. The lowest BCUT2D eigenvalue weighted by atomic mass is 10.3. The van der Waals surface area contributed by atoms with Crippen LogP contribution in [0.4, 0.5) is 0 Å². The molecular weight excluding hydrogens is 466 g/mol. The molecule has 164 valence electrons. The molecule has 1 fully saturated rings. The van der Waals surface area contributed by atoms with Crippen LogP contribution in [-0.2, 0) is 9.47 Å². The Labute approximate surface area is 197 Å². The predicted molar refractivity (Wildman–Crippen MR) is 128 cm³/mol. The van der Waals surface area contributed by atoms with Gasteiger partial charge in [0.15, 0.2) is 21.0 Å². The molecule has 1 saturated heterocycles. The highest BCUT2D eigenvalue weighted by Gasteiger charge is 2.22. The molecule has 0 N–H and O–H groups in total.